The van der Waals surface area contributed by atoms with E-state index in [-0.39, 0.29) is 6.04 Å². The molecule has 0 amide bonds. The van der Waals surface area contributed by atoms with Gasteiger partial charge in [0.25, 0.3) is 0 Å². The lowest BCUT2D eigenvalue weighted by Crippen LogP contribution is -2.09. The Kier molecular flexibility index (Phi) is 3.93. The summed E-state index contributed by atoms with van der Waals surface area (Å²) in [6, 6.07) is 8.40. The van der Waals surface area contributed by atoms with Gasteiger partial charge in [0, 0.05) is 10.9 Å². The molecule has 0 aliphatic rings. The van der Waals surface area contributed by atoms with E-state index in [1.165, 1.54) is 22.3 Å². The number of nitrogens with one attached hydrogen (secondary N) is 1. The van der Waals surface area contributed by atoms with Crippen LogP contribution in [0.2, 0.25) is 0 Å². The van der Waals surface area contributed by atoms with Crippen molar-refractivity contribution < 1.29 is 0 Å². The Morgan fingerprint density at radius 3 is 2.60 bits per heavy atom. The number of nitrogens with zero attached hydrogens (tertiary/aromatic N) is 5. The molecule has 25 heavy (non-hydrogen) atoms. The molecule has 0 fully saturated rings. The molecule has 0 spiro atoms. The molecule has 4 aromatic rings. The van der Waals surface area contributed by atoms with Gasteiger partial charge in [0.05, 0.1) is 11.1 Å². The van der Waals surface area contributed by atoms with Crippen LogP contribution < -0.4 is 5.32 Å². The summed E-state index contributed by atoms with van der Waals surface area (Å²) in [4.78, 5) is 15.1. The lowest BCUT2D eigenvalue weighted by Gasteiger charge is -2.16. The number of thiophene rings is 1. The molecule has 0 saturated heterocycles. The van der Waals surface area contributed by atoms with Crippen molar-refractivity contribution in [3.05, 3.63) is 59.3 Å². The number of anilines is 1. The standard InChI is InChI=1S/C18H18N6S/c1-11-13(3)25-18-16(11)17(20-9-21-18)23-12(2)14-4-6-15(7-5-14)24-10-19-8-22-24/h4-10,12H,1-3H3,(H,20,21,23). The number of hydrogen-bond donors (Lipinski definition) is 1. The Morgan fingerprint density at radius 2 is 1.88 bits per heavy atom. The van der Waals surface area contributed by atoms with E-state index in [2.05, 4.69) is 58.3 Å². The van der Waals surface area contributed by atoms with Gasteiger partial charge >= 0.3 is 0 Å². The fourth-order valence-corrected chi connectivity index (χ4v) is 3.83. The van der Waals surface area contributed by atoms with Crippen molar-refractivity contribution in [3.8, 4) is 5.69 Å². The highest BCUT2D eigenvalue weighted by Crippen LogP contribution is 2.33. The largest absolute Gasteiger partial charge is 0.363 e. The van der Waals surface area contributed by atoms with E-state index in [0.29, 0.717) is 0 Å². The van der Waals surface area contributed by atoms with Crippen molar-refractivity contribution in [3.63, 3.8) is 0 Å². The number of fused-ring (bicyclic) bond motifs is 1. The Hall–Kier alpha value is -2.80. The molecule has 0 aliphatic carbocycles. The van der Waals surface area contributed by atoms with Crippen LogP contribution in [-0.2, 0) is 0 Å². The average Bonchev–Trinajstić information content (AvgIpc) is 3.25. The molecule has 1 aromatic carbocycles. The molecule has 3 heterocycles. The van der Waals surface area contributed by atoms with E-state index in [1.807, 2.05) is 12.1 Å². The van der Waals surface area contributed by atoms with Crippen molar-refractivity contribution in [2.75, 3.05) is 5.32 Å². The van der Waals surface area contributed by atoms with E-state index in [4.69, 9.17) is 0 Å². The van der Waals surface area contributed by atoms with Gasteiger partial charge in [0.1, 0.15) is 29.6 Å². The lowest BCUT2D eigenvalue weighted by atomic mass is 10.1. The molecule has 4 rings (SSSR count). The maximum absolute atomic E-state index is 4.47. The van der Waals surface area contributed by atoms with Crippen molar-refractivity contribution in [2.45, 2.75) is 26.8 Å². The molecule has 0 radical (unpaired) electrons. The third-order valence-corrected chi connectivity index (χ3v) is 5.51. The van der Waals surface area contributed by atoms with Crippen molar-refractivity contribution in [1.29, 1.82) is 0 Å². The smallest absolute Gasteiger partial charge is 0.138 e. The molecule has 7 heteroatoms. The van der Waals surface area contributed by atoms with Gasteiger partial charge in [-0.15, -0.1) is 11.3 Å². The first-order valence-corrected chi connectivity index (χ1v) is 8.87. The van der Waals surface area contributed by atoms with Gasteiger partial charge in [-0.05, 0) is 44.0 Å². The van der Waals surface area contributed by atoms with E-state index in [9.17, 15) is 0 Å². The first kappa shape index (κ1) is 15.7. The summed E-state index contributed by atoms with van der Waals surface area (Å²) in [6.45, 7) is 6.38. The van der Waals surface area contributed by atoms with Crippen LogP contribution in [0.4, 0.5) is 5.82 Å². The molecular weight excluding hydrogens is 332 g/mol. The molecule has 1 unspecified atom stereocenters. The molecule has 1 N–H and O–H groups in total. The number of hydrogen-bond acceptors (Lipinski definition) is 6. The van der Waals surface area contributed by atoms with Crippen LogP contribution in [0, 0.1) is 13.8 Å². The van der Waals surface area contributed by atoms with E-state index in [1.54, 1.807) is 28.7 Å². The summed E-state index contributed by atoms with van der Waals surface area (Å²) in [5, 5.41) is 8.80. The second kappa shape index (κ2) is 6.25. The van der Waals surface area contributed by atoms with Gasteiger partial charge in [0.15, 0.2) is 0 Å². The molecule has 3 aromatic heterocycles. The van der Waals surface area contributed by atoms with Gasteiger partial charge in [-0.2, -0.15) is 5.10 Å². The summed E-state index contributed by atoms with van der Waals surface area (Å²) >= 11 is 1.71. The van der Waals surface area contributed by atoms with Crippen LogP contribution in [0.25, 0.3) is 15.9 Å². The Morgan fingerprint density at radius 1 is 1.08 bits per heavy atom. The number of rotatable bonds is 4. The van der Waals surface area contributed by atoms with Crippen molar-refractivity contribution >= 4 is 27.4 Å². The average molecular weight is 350 g/mol. The Labute approximate surface area is 149 Å². The summed E-state index contributed by atoms with van der Waals surface area (Å²) in [7, 11) is 0. The summed E-state index contributed by atoms with van der Waals surface area (Å²) < 4.78 is 1.74. The molecule has 126 valence electrons. The predicted octanol–water partition coefficient (Wildman–Crippen LogP) is 4.06. The molecule has 1 atom stereocenters. The molecule has 6 nitrogen and oxygen atoms in total. The molecule has 0 aliphatic heterocycles. The Balaban J connectivity index is 1.61. The fraction of sp³-hybridized carbons (Fsp3) is 0.222. The van der Waals surface area contributed by atoms with E-state index < -0.39 is 0 Å². The highest BCUT2D eigenvalue weighted by molar-refractivity contribution is 7.18. The van der Waals surface area contributed by atoms with Crippen molar-refractivity contribution in [1.82, 2.24) is 24.7 Å². The van der Waals surface area contributed by atoms with Crippen LogP contribution >= 0.6 is 11.3 Å². The Bertz CT molecular complexity index is 1000. The summed E-state index contributed by atoms with van der Waals surface area (Å²) in [5.41, 5.74) is 3.42. The van der Waals surface area contributed by atoms with Crippen LogP contribution in [0.1, 0.15) is 29.0 Å². The number of benzene rings is 1. The van der Waals surface area contributed by atoms with Gasteiger partial charge < -0.3 is 5.32 Å². The predicted molar refractivity (Wildman–Crippen MR) is 100 cm³/mol. The van der Waals surface area contributed by atoms with E-state index >= 15 is 0 Å². The zero-order chi connectivity index (χ0) is 17.4. The van der Waals surface area contributed by atoms with Gasteiger partial charge in [-0.1, -0.05) is 12.1 Å². The fourth-order valence-electron chi connectivity index (χ4n) is 2.84. The molecule has 0 saturated carbocycles. The minimum absolute atomic E-state index is 0.127. The minimum atomic E-state index is 0.127. The minimum Gasteiger partial charge on any atom is -0.363 e. The maximum Gasteiger partial charge on any atom is 0.138 e. The number of aryl methyl sites for hydroxylation is 2. The molecule has 0 bridgehead atoms. The SMILES string of the molecule is Cc1sc2ncnc(NC(C)c3ccc(-n4cncn4)cc3)c2c1C. The molecular formula is C18H18N6S. The zero-order valence-corrected chi connectivity index (χ0v) is 15.1. The van der Waals surface area contributed by atoms with Crippen molar-refractivity contribution in [2.24, 2.45) is 0 Å². The second-order valence-corrected chi connectivity index (χ2v) is 7.19. The quantitative estimate of drug-likeness (QED) is 0.601. The zero-order valence-electron chi connectivity index (χ0n) is 14.3. The maximum atomic E-state index is 4.47. The van der Waals surface area contributed by atoms with Gasteiger partial charge in [-0.25, -0.2) is 19.6 Å². The third-order valence-electron chi connectivity index (χ3n) is 4.39. The van der Waals surface area contributed by atoms with Gasteiger partial charge in [-0.3, -0.25) is 0 Å². The van der Waals surface area contributed by atoms with Crippen LogP contribution in [0.5, 0.6) is 0 Å². The van der Waals surface area contributed by atoms with E-state index in [0.717, 1.165) is 21.7 Å². The van der Waals surface area contributed by atoms with Crippen LogP contribution in [0.15, 0.2) is 43.2 Å². The monoisotopic (exact) mass is 350 g/mol. The van der Waals surface area contributed by atoms with Crippen LogP contribution in [0.3, 0.4) is 0 Å². The highest BCUT2D eigenvalue weighted by Gasteiger charge is 2.14. The first-order valence-electron chi connectivity index (χ1n) is 8.05. The normalized spacial score (nSPS) is 12.4. The van der Waals surface area contributed by atoms with Crippen LogP contribution in [-0.4, -0.2) is 24.7 Å². The first-order chi connectivity index (χ1) is 12.1. The number of aromatic nitrogens is 5. The topological polar surface area (TPSA) is 68.5 Å². The highest BCUT2D eigenvalue weighted by atomic mass is 32.1. The lowest BCUT2D eigenvalue weighted by molar-refractivity contribution is 0.859. The second-order valence-electron chi connectivity index (χ2n) is 5.98. The van der Waals surface area contributed by atoms with Gasteiger partial charge in [0.2, 0.25) is 0 Å². The third kappa shape index (κ3) is 2.87. The summed E-state index contributed by atoms with van der Waals surface area (Å²) in [5.74, 6) is 0.889. The summed E-state index contributed by atoms with van der Waals surface area (Å²) in [6.07, 6.45) is 4.85.